The lowest BCUT2D eigenvalue weighted by molar-refractivity contribution is 0.00578. The van der Waals surface area contributed by atoms with Crippen LogP contribution in [0.1, 0.15) is 27.7 Å². The summed E-state index contributed by atoms with van der Waals surface area (Å²) < 4.78 is 15.1. The third-order valence-electron chi connectivity index (χ3n) is 7.75. The molecule has 0 spiro atoms. The van der Waals surface area contributed by atoms with Gasteiger partial charge in [-0.3, -0.25) is 0 Å². The van der Waals surface area contributed by atoms with Gasteiger partial charge in [-0.1, -0.05) is 60.7 Å². The molecule has 4 heteroatoms. The standard InChI is InChI=1S/C28H24BNO2/c1-27(2)28(3,4)32-29(31-27)18-14-12-17-13-15-24-25(22(17)16-18)21-10-7-9-20-19-8-5-6-11-23(19)30(24)26(20)21/h5-16H,1-4H3. The molecule has 0 radical (unpaired) electrons. The van der Waals surface area contributed by atoms with E-state index in [4.69, 9.17) is 9.31 Å². The molecule has 1 saturated heterocycles. The molecule has 32 heavy (non-hydrogen) atoms. The maximum absolute atomic E-state index is 6.35. The first kappa shape index (κ1) is 18.5. The molecule has 6 aromatic rings. The van der Waals surface area contributed by atoms with E-state index >= 15 is 0 Å². The summed E-state index contributed by atoms with van der Waals surface area (Å²) in [5, 5.41) is 7.69. The summed E-state index contributed by atoms with van der Waals surface area (Å²) in [6.07, 6.45) is 0. The highest BCUT2D eigenvalue weighted by Crippen LogP contribution is 2.42. The molecule has 3 nitrogen and oxygen atoms in total. The van der Waals surface area contributed by atoms with Crippen LogP contribution in [0, 0.1) is 0 Å². The number of rotatable bonds is 1. The summed E-state index contributed by atoms with van der Waals surface area (Å²) >= 11 is 0. The Hall–Kier alpha value is -3.08. The van der Waals surface area contributed by atoms with Crippen LogP contribution in [0.2, 0.25) is 0 Å². The number of benzene rings is 4. The van der Waals surface area contributed by atoms with E-state index in [0.29, 0.717) is 0 Å². The summed E-state index contributed by atoms with van der Waals surface area (Å²) in [5.41, 5.74) is 4.17. The normalized spacial score (nSPS) is 18.2. The van der Waals surface area contributed by atoms with E-state index in [1.165, 1.54) is 48.9 Å². The van der Waals surface area contributed by atoms with E-state index in [0.717, 1.165) is 5.46 Å². The van der Waals surface area contributed by atoms with Crippen molar-refractivity contribution in [2.75, 3.05) is 0 Å². The summed E-state index contributed by atoms with van der Waals surface area (Å²) in [7, 11) is -0.364. The monoisotopic (exact) mass is 417 g/mol. The van der Waals surface area contributed by atoms with Gasteiger partial charge in [-0.25, -0.2) is 0 Å². The van der Waals surface area contributed by atoms with Gasteiger partial charge in [-0.15, -0.1) is 0 Å². The molecule has 156 valence electrons. The van der Waals surface area contributed by atoms with E-state index < -0.39 is 0 Å². The Balaban J connectivity index is 1.56. The minimum Gasteiger partial charge on any atom is -0.399 e. The zero-order chi connectivity index (χ0) is 21.8. The molecular formula is C28H24BNO2. The van der Waals surface area contributed by atoms with E-state index in [2.05, 4.69) is 105 Å². The van der Waals surface area contributed by atoms with Gasteiger partial charge in [-0.05, 0) is 56.1 Å². The molecule has 1 aliphatic heterocycles. The fourth-order valence-corrected chi connectivity index (χ4v) is 5.39. The van der Waals surface area contributed by atoms with Crippen LogP contribution in [-0.2, 0) is 9.31 Å². The Morgan fingerprint density at radius 1 is 0.656 bits per heavy atom. The highest BCUT2D eigenvalue weighted by molar-refractivity contribution is 6.62. The average molecular weight is 417 g/mol. The third kappa shape index (κ3) is 2.19. The second-order valence-corrected chi connectivity index (χ2v) is 10.1. The lowest BCUT2D eigenvalue weighted by atomic mass is 9.78. The van der Waals surface area contributed by atoms with Crippen LogP contribution >= 0.6 is 0 Å². The average Bonchev–Trinajstić information content (AvgIpc) is 3.37. The van der Waals surface area contributed by atoms with Crippen LogP contribution in [0.15, 0.2) is 72.8 Å². The maximum atomic E-state index is 6.35. The molecule has 4 aromatic carbocycles. The first-order valence-electron chi connectivity index (χ1n) is 11.3. The highest BCUT2D eigenvalue weighted by atomic mass is 16.7. The van der Waals surface area contributed by atoms with Crippen molar-refractivity contribution in [1.29, 1.82) is 0 Å². The van der Waals surface area contributed by atoms with Gasteiger partial charge in [0.25, 0.3) is 0 Å². The third-order valence-corrected chi connectivity index (χ3v) is 7.75. The molecule has 0 aliphatic carbocycles. The van der Waals surface area contributed by atoms with Crippen molar-refractivity contribution in [3.63, 3.8) is 0 Å². The van der Waals surface area contributed by atoms with Crippen molar-refractivity contribution >= 4 is 61.4 Å². The summed E-state index contributed by atoms with van der Waals surface area (Å²) in [6.45, 7) is 8.41. The number of hydrogen-bond donors (Lipinski definition) is 0. The van der Waals surface area contributed by atoms with Gasteiger partial charge in [0.1, 0.15) is 0 Å². The molecule has 0 bridgehead atoms. The van der Waals surface area contributed by atoms with Gasteiger partial charge in [0, 0.05) is 21.5 Å². The van der Waals surface area contributed by atoms with Gasteiger partial charge in [0.2, 0.25) is 0 Å². The van der Waals surface area contributed by atoms with Crippen molar-refractivity contribution in [2.24, 2.45) is 0 Å². The Labute approximate surface area is 187 Å². The number of nitrogens with zero attached hydrogens (tertiary/aromatic N) is 1. The Bertz CT molecular complexity index is 1680. The minimum atomic E-state index is -0.364. The van der Waals surface area contributed by atoms with Gasteiger partial charge < -0.3 is 13.7 Å². The highest BCUT2D eigenvalue weighted by Gasteiger charge is 2.51. The predicted octanol–water partition coefficient (Wildman–Crippen LogP) is 6.29. The number of para-hydroxylation sites is 2. The van der Waals surface area contributed by atoms with Crippen LogP contribution in [0.25, 0.3) is 48.9 Å². The molecule has 1 aliphatic rings. The van der Waals surface area contributed by atoms with Crippen molar-refractivity contribution in [3.05, 3.63) is 72.8 Å². The second kappa shape index (κ2) is 5.83. The van der Waals surface area contributed by atoms with Crippen molar-refractivity contribution in [1.82, 2.24) is 4.40 Å². The van der Waals surface area contributed by atoms with Gasteiger partial charge >= 0.3 is 7.12 Å². The maximum Gasteiger partial charge on any atom is 0.494 e. The van der Waals surface area contributed by atoms with Crippen LogP contribution < -0.4 is 5.46 Å². The largest absolute Gasteiger partial charge is 0.494 e. The lowest BCUT2D eigenvalue weighted by Crippen LogP contribution is -2.41. The van der Waals surface area contributed by atoms with Crippen LogP contribution in [0.5, 0.6) is 0 Å². The molecule has 0 unspecified atom stereocenters. The predicted molar refractivity (Wildman–Crippen MR) is 134 cm³/mol. The number of hydrogen-bond acceptors (Lipinski definition) is 2. The van der Waals surface area contributed by atoms with Crippen LogP contribution in [0.3, 0.4) is 0 Å². The molecule has 0 saturated carbocycles. The Morgan fingerprint density at radius 2 is 1.34 bits per heavy atom. The molecule has 0 N–H and O–H groups in total. The Kier molecular flexibility index (Phi) is 3.37. The fourth-order valence-electron chi connectivity index (χ4n) is 5.39. The molecule has 1 fully saturated rings. The van der Waals surface area contributed by atoms with E-state index in [1.807, 2.05) is 0 Å². The van der Waals surface area contributed by atoms with Crippen molar-refractivity contribution in [3.8, 4) is 0 Å². The lowest BCUT2D eigenvalue weighted by Gasteiger charge is -2.32. The minimum absolute atomic E-state index is 0.353. The summed E-state index contributed by atoms with van der Waals surface area (Å²) in [5.74, 6) is 0. The smallest absolute Gasteiger partial charge is 0.399 e. The van der Waals surface area contributed by atoms with Crippen molar-refractivity contribution < 1.29 is 9.31 Å². The first-order valence-corrected chi connectivity index (χ1v) is 11.3. The van der Waals surface area contributed by atoms with E-state index in [1.54, 1.807) is 0 Å². The van der Waals surface area contributed by atoms with Gasteiger partial charge in [-0.2, -0.15) is 0 Å². The number of aromatic nitrogens is 1. The zero-order valence-electron chi connectivity index (χ0n) is 18.8. The van der Waals surface area contributed by atoms with Crippen LogP contribution in [-0.4, -0.2) is 22.7 Å². The van der Waals surface area contributed by atoms with Crippen molar-refractivity contribution in [2.45, 2.75) is 38.9 Å². The Morgan fingerprint density at radius 3 is 2.16 bits per heavy atom. The van der Waals surface area contributed by atoms with E-state index in [9.17, 15) is 0 Å². The van der Waals surface area contributed by atoms with Gasteiger partial charge in [0.05, 0.1) is 27.8 Å². The molecule has 0 atom stereocenters. The quantitative estimate of drug-likeness (QED) is 0.294. The molecular weight excluding hydrogens is 393 g/mol. The number of fused-ring (bicyclic) bond motifs is 8. The van der Waals surface area contributed by atoms with Crippen LogP contribution in [0.4, 0.5) is 0 Å². The molecule has 3 heterocycles. The molecule has 0 amide bonds. The zero-order valence-corrected chi connectivity index (χ0v) is 18.8. The summed E-state index contributed by atoms with van der Waals surface area (Å²) in [6, 6.07) is 26.5. The first-order chi connectivity index (χ1) is 15.4. The SMILES string of the molecule is CC1(C)OB(c2ccc3ccc4c(c3c2)c2cccc3c5ccccc5n4c32)OC1(C)C. The fraction of sp³-hybridized carbons (Fsp3) is 0.214. The topological polar surface area (TPSA) is 22.9 Å². The second-order valence-electron chi connectivity index (χ2n) is 10.1. The van der Waals surface area contributed by atoms with E-state index in [-0.39, 0.29) is 18.3 Å². The molecule has 7 rings (SSSR count). The summed E-state index contributed by atoms with van der Waals surface area (Å²) in [4.78, 5) is 0. The van der Waals surface area contributed by atoms with Gasteiger partial charge in [0.15, 0.2) is 0 Å². The molecule has 2 aromatic heterocycles.